The van der Waals surface area contributed by atoms with Crippen molar-refractivity contribution in [2.24, 2.45) is 0 Å². The fourth-order valence-corrected chi connectivity index (χ4v) is 4.40. The monoisotopic (exact) mass is 529 g/mol. The summed E-state index contributed by atoms with van der Waals surface area (Å²) in [6.07, 6.45) is 3.58. The highest BCUT2D eigenvalue weighted by atomic mass is 16.6. The third-order valence-corrected chi connectivity index (χ3v) is 6.13. The van der Waals surface area contributed by atoms with Gasteiger partial charge in [0, 0.05) is 23.6 Å². The Bertz CT molecular complexity index is 1460. The minimum atomic E-state index is -0.619. The van der Waals surface area contributed by atoms with Crippen molar-refractivity contribution in [2.45, 2.75) is 45.6 Å². The zero-order chi connectivity index (χ0) is 28.0. The molecule has 3 aromatic carbocycles. The van der Waals surface area contributed by atoms with Gasteiger partial charge in [0.15, 0.2) is 11.5 Å². The van der Waals surface area contributed by atoms with E-state index in [0.29, 0.717) is 17.9 Å². The maximum Gasteiger partial charge on any atom is 0.412 e. The summed E-state index contributed by atoms with van der Waals surface area (Å²) in [5, 5.41) is 4.68. The molecular weight excluding hydrogens is 494 g/mol. The van der Waals surface area contributed by atoms with Gasteiger partial charge in [0.2, 0.25) is 0 Å². The van der Waals surface area contributed by atoms with Gasteiger partial charge in [-0.25, -0.2) is 14.8 Å². The minimum absolute atomic E-state index is 0.528. The molecule has 0 saturated heterocycles. The number of nitrogens with zero attached hydrogens (tertiary/aromatic N) is 2. The molecule has 0 spiro atoms. The van der Waals surface area contributed by atoms with Crippen LogP contribution in [0.1, 0.15) is 38.6 Å². The number of anilines is 1. The number of hydrogen-bond donors (Lipinski definition) is 1. The van der Waals surface area contributed by atoms with Crippen LogP contribution in [0.25, 0.3) is 22.0 Å². The molecule has 1 amide bonds. The molecule has 0 fully saturated rings. The lowest BCUT2D eigenvalue weighted by Gasteiger charge is -2.20. The van der Waals surface area contributed by atoms with E-state index in [4.69, 9.17) is 23.9 Å². The molecule has 0 atom stereocenters. The van der Waals surface area contributed by atoms with Crippen LogP contribution in [0.4, 0.5) is 10.5 Å². The van der Waals surface area contributed by atoms with Gasteiger partial charge in [-0.3, -0.25) is 5.32 Å². The highest BCUT2D eigenvalue weighted by molar-refractivity contribution is 6.03. The van der Waals surface area contributed by atoms with E-state index in [1.54, 1.807) is 27.5 Å². The van der Waals surface area contributed by atoms with Crippen molar-refractivity contribution in [3.05, 3.63) is 72.2 Å². The van der Waals surface area contributed by atoms with Crippen LogP contribution >= 0.6 is 0 Å². The van der Waals surface area contributed by atoms with Crippen molar-refractivity contribution in [1.82, 2.24) is 9.97 Å². The van der Waals surface area contributed by atoms with E-state index in [-0.39, 0.29) is 0 Å². The lowest BCUT2D eigenvalue weighted by atomic mass is 10.0. The number of methoxy groups -OCH3 is 3. The van der Waals surface area contributed by atoms with Crippen molar-refractivity contribution < 1.29 is 23.7 Å². The lowest BCUT2D eigenvalue weighted by molar-refractivity contribution is 0.0636. The Kier molecular flexibility index (Phi) is 8.54. The van der Waals surface area contributed by atoms with Gasteiger partial charge in [-0.2, -0.15) is 0 Å². The molecule has 204 valence electrons. The molecular formula is C31H35N3O5. The van der Waals surface area contributed by atoms with Crippen LogP contribution in [0.3, 0.4) is 0 Å². The van der Waals surface area contributed by atoms with Gasteiger partial charge in [-0.05, 0) is 81.0 Å². The number of hydrogen-bond acceptors (Lipinski definition) is 7. The first kappa shape index (κ1) is 27.7. The number of para-hydroxylation sites is 1. The van der Waals surface area contributed by atoms with Crippen LogP contribution in [0.2, 0.25) is 0 Å². The molecule has 39 heavy (non-hydrogen) atoms. The molecule has 0 saturated carbocycles. The van der Waals surface area contributed by atoms with E-state index in [1.165, 1.54) is 0 Å². The van der Waals surface area contributed by atoms with Crippen LogP contribution in [0, 0.1) is 0 Å². The second-order valence-corrected chi connectivity index (χ2v) is 10.1. The maximum atomic E-state index is 12.6. The van der Waals surface area contributed by atoms with Crippen LogP contribution in [0.5, 0.6) is 17.2 Å². The number of benzene rings is 3. The number of carbonyl (C=O) groups is 1. The molecule has 0 aliphatic heterocycles. The molecule has 8 heteroatoms. The molecule has 1 aromatic heterocycles. The second-order valence-electron chi connectivity index (χ2n) is 10.1. The highest BCUT2D eigenvalue weighted by Crippen LogP contribution is 2.34. The summed E-state index contributed by atoms with van der Waals surface area (Å²) < 4.78 is 21.9. The first-order valence-corrected chi connectivity index (χ1v) is 12.8. The van der Waals surface area contributed by atoms with Gasteiger partial charge in [-0.15, -0.1) is 0 Å². The fourth-order valence-electron chi connectivity index (χ4n) is 4.40. The Hall–Kier alpha value is -4.33. The molecule has 0 radical (unpaired) electrons. The highest BCUT2D eigenvalue weighted by Gasteiger charge is 2.18. The molecule has 0 aliphatic rings. The van der Waals surface area contributed by atoms with E-state index < -0.39 is 11.7 Å². The van der Waals surface area contributed by atoms with Crippen molar-refractivity contribution in [1.29, 1.82) is 0 Å². The molecule has 0 bridgehead atoms. The molecule has 0 unspecified atom stereocenters. The smallest absolute Gasteiger partial charge is 0.412 e. The topological polar surface area (TPSA) is 91.8 Å². The van der Waals surface area contributed by atoms with Crippen LogP contribution < -0.4 is 19.5 Å². The number of carbonyl (C=O) groups excluding carboxylic acids is 1. The Labute approximate surface area is 229 Å². The fraction of sp³-hybridized carbons (Fsp3) is 0.323. The molecule has 1 N–H and O–H groups in total. The lowest BCUT2D eigenvalue weighted by Crippen LogP contribution is -2.27. The van der Waals surface area contributed by atoms with Gasteiger partial charge < -0.3 is 18.9 Å². The summed E-state index contributed by atoms with van der Waals surface area (Å²) in [6, 6.07) is 17.5. The number of amides is 1. The van der Waals surface area contributed by atoms with E-state index in [2.05, 4.69) is 10.3 Å². The van der Waals surface area contributed by atoms with Gasteiger partial charge in [0.25, 0.3) is 0 Å². The zero-order valence-corrected chi connectivity index (χ0v) is 23.3. The Morgan fingerprint density at radius 2 is 1.74 bits per heavy atom. The van der Waals surface area contributed by atoms with Crippen molar-refractivity contribution in [3.63, 3.8) is 0 Å². The number of ether oxygens (including phenoxy) is 4. The molecule has 1 heterocycles. The molecule has 4 aromatic rings. The number of nitrogens with one attached hydrogen (secondary N) is 1. The maximum absolute atomic E-state index is 12.6. The summed E-state index contributed by atoms with van der Waals surface area (Å²) in [7, 11) is 4.90. The minimum Gasteiger partial charge on any atom is -0.497 e. The first-order valence-electron chi connectivity index (χ1n) is 12.8. The van der Waals surface area contributed by atoms with Crippen LogP contribution in [0.15, 0.2) is 60.8 Å². The quantitative estimate of drug-likeness (QED) is 0.254. The Balaban J connectivity index is 1.59. The van der Waals surface area contributed by atoms with E-state index in [9.17, 15) is 4.79 Å². The average Bonchev–Trinajstić information content (AvgIpc) is 2.91. The molecule has 8 nitrogen and oxygen atoms in total. The Morgan fingerprint density at radius 3 is 2.46 bits per heavy atom. The first-order chi connectivity index (χ1) is 18.7. The van der Waals surface area contributed by atoms with Gasteiger partial charge >= 0.3 is 6.09 Å². The number of fused-ring (bicyclic) bond motifs is 1. The van der Waals surface area contributed by atoms with Crippen molar-refractivity contribution in [2.75, 3.05) is 26.6 Å². The zero-order valence-electron chi connectivity index (χ0n) is 23.3. The van der Waals surface area contributed by atoms with Crippen LogP contribution in [-0.4, -0.2) is 43.0 Å². The second kappa shape index (κ2) is 12.0. The van der Waals surface area contributed by atoms with Gasteiger partial charge in [0.05, 0.1) is 32.7 Å². The predicted octanol–water partition coefficient (Wildman–Crippen LogP) is 6.84. The number of aromatic nitrogens is 2. The summed E-state index contributed by atoms with van der Waals surface area (Å²) in [5.74, 6) is 2.91. The largest absolute Gasteiger partial charge is 0.497 e. The predicted molar refractivity (Wildman–Crippen MR) is 153 cm³/mol. The van der Waals surface area contributed by atoms with E-state index in [1.807, 2.05) is 75.4 Å². The SMILES string of the molecule is COc1ccc2cc(-c3ccnc(CCCc4cccc(OC)c4OC)n3)cc(NC(=O)OC(C)(C)C)c2c1. The van der Waals surface area contributed by atoms with E-state index in [0.717, 1.165) is 57.8 Å². The van der Waals surface area contributed by atoms with Crippen LogP contribution in [-0.2, 0) is 17.6 Å². The third kappa shape index (κ3) is 6.96. The Morgan fingerprint density at radius 1 is 0.923 bits per heavy atom. The van der Waals surface area contributed by atoms with E-state index >= 15 is 0 Å². The number of rotatable bonds is 9. The average molecular weight is 530 g/mol. The van der Waals surface area contributed by atoms with Gasteiger partial charge in [0.1, 0.15) is 17.2 Å². The molecule has 4 rings (SSSR count). The normalized spacial score (nSPS) is 11.2. The number of aryl methyl sites for hydroxylation is 2. The summed E-state index contributed by atoms with van der Waals surface area (Å²) in [5.41, 5.74) is 2.70. The standard InChI is InChI=1S/C31H35N3O5/c1-31(2,3)39-30(35)34-26-18-22(17-21-13-14-23(36-4)19-24(21)26)25-15-16-32-28(33-25)12-8-10-20-9-7-11-27(37-5)29(20)38-6/h7,9,11,13-19H,8,10,12H2,1-6H3,(H,34,35). The van der Waals surface area contributed by atoms with Crippen molar-refractivity contribution >= 4 is 22.6 Å². The van der Waals surface area contributed by atoms with Gasteiger partial charge in [-0.1, -0.05) is 18.2 Å². The summed E-state index contributed by atoms with van der Waals surface area (Å²) in [4.78, 5) is 22.0. The summed E-state index contributed by atoms with van der Waals surface area (Å²) >= 11 is 0. The summed E-state index contributed by atoms with van der Waals surface area (Å²) in [6.45, 7) is 5.49. The third-order valence-electron chi connectivity index (χ3n) is 6.13. The van der Waals surface area contributed by atoms with Crippen molar-refractivity contribution in [3.8, 4) is 28.5 Å². The molecule has 0 aliphatic carbocycles.